The van der Waals surface area contributed by atoms with Crippen molar-refractivity contribution >= 4 is 13.8 Å². The van der Waals surface area contributed by atoms with Gasteiger partial charge in [-0.1, -0.05) is 137 Å². The number of rotatable bonds is 36. The maximum atomic E-state index is 12.6. The molecule has 8 nitrogen and oxygen atoms in total. The van der Waals surface area contributed by atoms with Crippen LogP contribution in [0, 0.1) is 0 Å². The number of allylic oxidation sites excluding steroid dienone is 14. The molecular weight excluding hydrogens is 685 g/mol. The van der Waals surface area contributed by atoms with Crippen LogP contribution in [0.15, 0.2) is 85.1 Å². The van der Waals surface area contributed by atoms with Crippen molar-refractivity contribution in [1.29, 1.82) is 0 Å². The average molecular weight is 762 g/mol. The van der Waals surface area contributed by atoms with E-state index in [0.717, 1.165) is 70.6 Å². The molecule has 0 radical (unpaired) electrons. The van der Waals surface area contributed by atoms with Gasteiger partial charge in [-0.2, -0.15) is 0 Å². The van der Waals surface area contributed by atoms with Gasteiger partial charge < -0.3 is 27.9 Å². The van der Waals surface area contributed by atoms with Crippen molar-refractivity contribution in [2.75, 3.05) is 54.1 Å². The second-order valence-corrected chi connectivity index (χ2v) is 15.6. The number of phosphoric ester groups is 1. The minimum Gasteiger partial charge on any atom is -0.756 e. The van der Waals surface area contributed by atoms with Crippen molar-refractivity contribution in [1.82, 2.24) is 0 Å². The maximum Gasteiger partial charge on any atom is 0.306 e. The Morgan fingerprint density at radius 1 is 0.585 bits per heavy atom. The molecule has 0 rings (SSSR count). The Bertz CT molecular complexity index is 1120. The molecule has 0 bridgehead atoms. The smallest absolute Gasteiger partial charge is 0.306 e. The van der Waals surface area contributed by atoms with Gasteiger partial charge in [0.25, 0.3) is 7.82 Å². The molecule has 0 aromatic carbocycles. The number of likely N-dealkylation sites (N-methyl/N-ethyl adjacent to an activating group) is 1. The van der Waals surface area contributed by atoms with Gasteiger partial charge in [-0.05, 0) is 70.6 Å². The summed E-state index contributed by atoms with van der Waals surface area (Å²) < 4.78 is 34.4. The first-order valence-corrected chi connectivity index (χ1v) is 21.8. The second-order valence-electron chi connectivity index (χ2n) is 14.2. The lowest BCUT2D eigenvalue weighted by Gasteiger charge is -2.28. The van der Waals surface area contributed by atoms with E-state index in [-0.39, 0.29) is 26.2 Å². The van der Waals surface area contributed by atoms with E-state index in [1.807, 2.05) is 33.3 Å². The van der Waals surface area contributed by atoms with Crippen LogP contribution in [0.4, 0.5) is 0 Å². The Morgan fingerprint density at radius 3 is 1.55 bits per heavy atom. The van der Waals surface area contributed by atoms with E-state index in [2.05, 4.69) is 86.8 Å². The zero-order valence-electron chi connectivity index (χ0n) is 34.2. The summed E-state index contributed by atoms with van der Waals surface area (Å²) in [5.74, 6) is -0.421. The van der Waals surface area contributed by atoms with E-state index in [1.54, 1.807) is 0 Å². The molecule has 0 saturated carbocycles. The van der Waals surface area contributed by atoms with Crippen LogP contribution in [0.25, 0.3) is 0 Å². The third-order valence-corrected chi connectivity index (χ3v) is 8.92. The molecule has 53 heavy (non-hydrogen) atoms. The highest BCUT2D eigenvalue weighted by molar-refractivity contribution is 7.45. The summed E-state index contributed by atoms with van der Waals surface area (Å²) in [6.07, 6.45) is 47.6. The topological polar surface area (TPSA) is 94.1 Å². The van der Waals surface area contributed by atoms with E-state index in [1.165, 1.54) is 32.1 Å². The molecule has 0 aliphatic carbocycles. The third-order valence-electron chi connectivity index (χ3n) is 7.96. The predicted octanol–water partition coefficient (Wildman–Crippen LogP) is 11.1. The highest BCUT2D eigenvalue weighted by atomic mass is 31.2. The Kier molecular flexibility index (Phi) is 35.0. The zero-order chi connectivity index (χ0) is 39.1. The maximum absolute atomic E-state index is 12.6. The van der Waals surface area contributed by atoms with Crippen LogP contribution in [0.2, 0.25) is 0 Å². The molecule has 0 aromatic rings. The van der Waals surface area contributed by atoms with E-state index in [9.17, 15) is 14.3 Å². The third kappa shape index (κ3) is 40.7. The fraction of sp³-hybridized carbons (Fsp3) is 0.659. The fourth-order valence-electron chi connectivity index (χ4n) is 4.87. The average Bonchev–Trinajstić information content (AvgIpc) is 3.11. The molecule has 0 aromatic heterocycles. The van der Waals surface area contributed by atoms with Crippen molar-refractivity contribution in [2.45, 2.75) is 136 Å². The van der Waals surface area contributed by atoms with Crippen molar-refractivity contribution in [3.8, 4) is 0 Å². The Labute approximate surface area is 325 Å². The number of esters is 1. The highest BCUT2D eigenvalue weighted by Gasteiger charge is 2.20. The van der Waals surface area contributed by atoms with E-state index in [4.69, 9.17) is 18.5 Å². The van der Waals surface area contributed by atoms with Gasteiger partial charge in [0.05, 0.1) is 34.4 Å². The quantitative estimate of drug-likeness (QED) is 0.0206. The van der Waals surface area contributed by atoms with Crippen LogP contribution in [0.5, 0.6) is 0 Å². The van der Waals surface area contributed by atoms with Gasteiger partial charge in [0, 0.05) is 13.0 Å². The van der Waals surface area contributed by atoms with Gasteiger partial charge >= 0.3 is 5.97 Å². The van der Waals surface area contributed by atoms with Gasteiger partial charge in [0.2, 0.25) is 0 Å². The molecule has 0 saturated heterocycles. The number of carbonyl (C=O) groups excluding carboxylic acids is 1. The number of quaternary nitrogens is 1. The van der Waals surface area contributed by atoms with Crippen molar-refractivity contribution in [3.63, 3.8) is 0 Å². The van der Waals surface area contributed by atoms with Crippen LogP contribution in [-0.2, 0) is 27.9 Å². The summed E-state index contributed by atoms with van der Waals surface area (Å²) >= 11 is 0. The summed E-state index contributed by atoms with van der Waals surface area (Å²) in [6.45, 7) is 5.03. The summed E-state index contributed by atoms with van der Waals surface area (Å²) in [5.41, 5.74) is 0. The van der Waals surface area contributed by atoms with Crippen LogP contribution in [0.3, 0.4) is 0 Å². The van der Waals surface area contributed by atoms with Crippen molar-refractivity contribution < 1.29 is 37.3 Å². The van der Waals surface area contributed by atoms with Gasteiger partial charge in [0.15, 0.2) is 0 Å². The van der Waals surface area contributed by atoms with E-state index in [0.29, 0.717) is 24.1 Å². The van der Waals surface area contributed by atoms with Gasteiger partial charge in [-0.15, -0.1) is 0 Å². The Hall–Kier alpha value is -2.32. The van der Waals surface area contributed by atoms with E-state index >= 15 is 0 Å². The molecule has 0 amide bonds. The Morgan fingerprint density at radius 2 is 1.04 bits per heavy atom. The van der Waals surface area contributed by atoms with Crippen LogP contribution >= 0.6 is 7.82 Å². The normalized spacial score (nSPS) is 14.8. The number of carbonyl (C=O) groups is 1. The van der Waals surface area contributed by atoms with Gasteiger partial charge in [-0.3, -0.25) is 9.36 Å². The lowest BCUT2D eigenvalue weighted by molar-refractivity contribution is -0.870. The van der Waals surface area contributed by atoms with Gasteiger partial charge in [-0.25, -0.2) is 0 Å². The monoisotopic (exact) mass is 762 g/mol. The second kappa shape index (κ2) is 36.6. The molecule has 9 heteroatoms. The first-order valence-electron chi connectivity index (χ1n) is 20.3. The molecule has 0 spiro atoms. The minimum atomic E-state index is -4.55. The molecule has 0 heterocycles. The largest absolute Gasteiger partial charge is 0.756 e. The minimum absolute atomic E-state index is 0.00720. The predicted molar refractivity (Wildman–Crippen MR) is 222 cm³/mol. The van der Waals surface area contributed by atoms with Crippen molar-refractivity contribution in [2.24, 2.45) is 0 Å². The van der Waals surface area contributed by atoms with Crippen molar-refractivity contribution in [3.05, 3.63) is 85.1 Å². The number of hydrogen-bond donors (Lipinski definition) is 0. The zero-order valence-corrected chi connectivity index (χ0v) is 35.1. The molecule has 0 aliphatic heterocycles. The summed E-state index contributed by atoms with van der Waals surface area (Å²) in [5, 5.41) is 0. The molecule has 304 valence electrons. The summed E-state index contributed by atoms with van der Waals surface area (Å²) in [4.78, 5) is 24.9. The van der Waals surface area contributed by atoms with E-state index < -0.39 is 19.9 Å². The number of phosphoric acid groups is 1. The lowest BCUT2D eigenvalue weighted by Crippen LogP contribution is -2.37. The molecule has 2 unspecified atom stereocenters. The Balaban J connectivity index is 4.37. The van der Waals surface area contributed by atoms with Gasteiger partial charge in [0.1, 0.15) is 19.3 Å². The molecule has 0 N–H and O–H groups in total. The first kappa shape index (κ1) is 50.7. The molecule has 0 aliphatic rings. The molecule has 0 fully saturated rings. The van der Waals surface area contributed by atoms with Crippen LogP contribution in [0.1, 0.15) is 129 Å². The molecular formula is C44H76NO7P. The standard InChI is InChI=1S/C44H76NO7P/c1-6-8-10-12-14-16-18-20-21-22-23-24-26-28-30-32-34-36-39-49-41-43(42-51-53(47,48)50-40-38-45(3,4)5)52-44(46)37-35-33-31-29-27-25-19-17-15-13-11-9-7-2/h8-11,14-17,20-21,25,27,31,33,43H,6-7,12-13,18-19,22-24,26,28-30,32,34-42H2,1-5H3/b10-8-,11-9-,16-14-,17-15-,21-20-,27-25-,33-31-. The summed E-state index contributed by atoms with van der Waals surface area (Å²) in [7, 11) is 1.29. The number of hydrogen-bond acceptors (Lipinski definition) is 7. The van der Waals surface area contributed by atoms with Crippen LogP contribution in [-0.4, -0.2) is 70.7 Å². The number of ether oxygens (including phenoxy) is 2. The van der Waals surface area contributed by atoms with Crippen LogP contribution < -0.4 is 4.89 Å². The number of unbranched alkanes of at least 4 members (excludes halogenated alkanes) is 8. The SMILES string of the molecule is CC/C=C\C/C=C\C/C=C\C/C=C\CCC(=O)OC(COCCCCCCCCCC/C=C\C/C=C\C/C=C\CC)COP(=O)([O-])OCC[N+](C)(C)C. The first-order chi connectivity index (χ1) is 25.6. The number of nitrogens with zero attached hydrogens (tertiary/aromatic N) is 1. The fourth-order valence-corrected chi connectivity index (χ4v) is 5.59. The highest BCUT2D eigenvalue weighted by Crippen LogP contribution is 2.38. The summed E-state index contributed by atoms with van der Waals surface area (Å²) in [6, 6.07) is 0. The lowest BCUT2D eigenvalue weighted by atomic mass is 10.1. The molecule has 2 atom stereocenters.